The summed E-state index contributed by atoms with van der Waals surface area (Å²) < 4.78 is 1.84. The molecule has 0 spiro atoms. The van der Waals surface area contributed by atoms with Gasteiger partial charge in [-0.15, -0.1) is 10.2 Å². The van der Waals surface area contributed by atoms with Gasteiger partial charge in [0.25, 0.3) is 0 Å². The number of nitrogens with one attached hydrogen (secondary N) is 1. The fourth-order valence-corrected chi connectivity index (χ4v) is 1.87. The number of aromatic nitrogens is 3. The van der Waals surface area contributed by atoms with Crippen LogP contribution in [-0.4, -0.2) is 20.7 Å². The number of carbonyl (C=O) groups excluding carboxylic acids is 1. The molecule has 0 saturated heterocycles. The first-order valence-electron chi connectivity index (χ1n) is 5.69. The number of halogens is 1. The molecule has 1 aromatic heterocycles. The fraction of sp³-hybridized carbons (Fsp3) is 0.250. The summed E-state index contributed by atoms with van der Waals surface area (Å²) >= 11 is 6.08. The van der Waals surface area contributed by atoms with Crippen LogP contribution < -0.4 is 11.1 Å². The molecule has 0 radical (unpaired) electrons. The van der Waals surface area contributed by atoms with Crippen molar-refractivity contribution >= 4 is 17.5 Å². The van der Waals surface area contributed by atoms with Crippen LogP contribution in [0.4, 0.5) is 0 Å². The molecule has 1 heterocycles. The topological polar surface area (TPSA) is 85.8 Å². The zero-order valence-electron chi connectivity index (χ0n) is 10.4. The highest BCUT2D eigenvalue weighted by atomic mass is 35.5. The Morgan fingerprint density at radius 2 is 2.26 bits per heavy atom. The number of rotatable bonds is 5. The third kappa shape index (κ3) is 3.30. The van der Waals surface area contributed by atoms with Crippen LogP contribution in [0.2, 0.25) is 5.02 Å². The second-order valence-corrected chi connectivity index (χ2v) is 4.54. The quantitative estimate of drug-likeness (QED) is 0.850. The molecule has 2 aromatic rings. The van der Waals surface area contributed by atoms with Crippen molar-refractivity contribution in [3.8, 4) is 0 Å². The summed E-state index contributed by atoms with van der Waals surface area (Å²) in [5, 5.41) is 11.5. The van der Waals surface area contributed by atoms with Crippen molar-refractivity contribution in [1.29, 1.82) is 0 Å². The van der Waals surface area contributed by atoms with Gasteiger partial charge in [0.1, 0.15) is 12.2 Å². The lowest BCUT2D eigenvalue weighted by Crippen LogP contribution is -2.16. The average molecular weight is 280 g/mol. The molecule has 0 saturated carbocycles. The Morgan fingerprint density at radius 3 is 2.84 bits per heavy atom. The van der Waals surface area contributed by atoms with Crippen molar-refractivity contribution < 1.29 is 4.79 Å². The predicted octanol–water partition coefficient (Wildman–Crippen LogP) is 0.857. The predicted molar refractivity (Wildman–Crippen MR) is 71.5 cm³/mol. The molecule has 0 aliphatic heterocycles. The number of hydrogen-bond acceptors (Lipinski definition) is 4. The first-order valence-corrected chi connectivity index (χ1v) is 6.07. The van der Waals surface area contributed by atoms with E-state index in [1.54, 1.807) is 24.5 Å². The largest absolute Gasteiger partial charge is 0.366 e. The standard InChI is InChI=1S/C12H14ClN5O/c1-18-7-16-17-11(18)6-15-5-9-3-2-8(12(14)19)4-10(9)13/h2-4,7,15H,5-6H2,1H3,(H2,14,19). The first-order chi connectivity index (χ1) is 9.08. The lowest BCUT2D eigenvalue weighted by molar-refractivity contribution is 0.100. The highest BCUT2D eigenvalue weighted by Crippen LogP contribution is 2.17. The molecular formula is C12H14ClN5O. The van der Waals surface area contributed by atoms with E-state index >= 15 is 0 Å². The molecule has 1 amide bonds. The van der Waals surface area contributed by atoms with E-state index in [2.05, 4.69) is 15.5 Å². The van der Waals surface area contributed by atoms with E-state index in [1.165, 1.54) is 0 Å². The van der Waals surface area contributed by atoms with Gasteiger partial charge in [-0.3, -0.25) is 4.79 Å². The summed E-state index contributed by atoms with van der Waals surface area (Å²) in [6.45, 7) is 1.16. The van der Waals surface area contributed by atoms with Crippen molar-refractivity contribution in [2.24, 2.45) is 12.8 Å². The molecule has 0 aliphatic carbocycles. The second-order valence-electron chi connectivity index (χ2n) is 4.13. The van der Waals surface area contributed by atoms with Gasteiger partial charge >= 0.3 is 0 Å². The second kappa shape index (κ2) is 5.81. The third-order valence-electron chi connectivity index (χ3n) is 2.74. The summed E-state index contributed by atoms with van der Waals surface area (Å²) in [5.74, 6) is 0.352. The van der Waals surface area contributed by atoms with E-state index in [0.717, 1.165) is 11.4 Å². The minimum atomic E-state index is -0.486. The first kappa shape index (κ1) is 13.5. The lowest BCUT2D eigenvalue weighted by atomic mass is 10.1. The molecule has 3 N–H and O–H groups in total. The summed E-state index contributed by atoms with van der Waals surface area (Å²) in [7, 11) is 1.88. The Labute approximate surface area is 115 Å². The molecule has 2 rings (SSSR count). The molecule has 6 nitrogen and oxygen atoms in total. The minimum Gasteiger partial charge on any atom is -0.366 e. The van der Waals surface area contributed by atoms with Gasteiger partial charge in [-0.05, 0) is 17.7 Å². The van der Waals surface area contributed by atoms with Gasteiger partial charge in [0.15, 0.2) is 0 Å². The SMILES string of the molecule is Cn1cnnc1CNCc1ccc(C(N)=O)cc1Cl. The molecule has 0 fully saturated rings. The van der Waals surface area contributed by atoms with E-state index in [9.17, 15) is 4.79 Å². The number of aryl methyl sites for hydroxylation is 1. The zero-order chi connectivity index (χ0) is 13.8. The molecule has 100 valence electrons. The summed E-state index contributed by atoms with van der Waals surface area (Å²) in [4.78, 5) is 11.0. The van der Waals surface area contributed by atoms with E-state index in [0.29, 0.717) is 23.7 Å². The van der Waals surface area contributed by atoms with Crippen LogP contribution >= 0.6 is 11.6 Å². The summed E-state index contributed by atoms with van der Waals surface area (Å²) in [6, 6.07) is 5.02. The molecule has 0 atom stereocenters. The van der Waals surface area contributed by atoms with Gasteiger partial charge in [0.05, 0.1) is 6.54 Å². The van der Waals surface area contributed by atoms with Crippen molar-refractivity contribution in [3.05, 3.63) is 46.5 Å². The monoisotopic (exact) mass is 279 g/mol. The van der Waals surface area contributed by atoms with E-state index in [1.807, 2.05) is 11.6 Å². The van der Waals surface area contributed by atoms with Gasteiger partial charge in [-0.2, -0.15) is 0 Å². The van der Waals surface area contributed by atoms with Crippen LogP contribution in [0.25, 0.3) is 0 Å². The minimum absolute atomic E-state index is 0.405. The van der Waals surface area contributed by atoms with Crippen LogP contribution in [0.1, 0.15) is 21.7 Å². The zero-order valence-corrected chi connectivity index (χ0v) is 11.2. The van der Waals surface area contributed by atoms with Crippen LogP contribution in [-0.2, 0) is 20.1 Å². The number of amides is 1. The van der Waals surface area contributed by atoms with Gasteiger partial charge in [-0.25, -0.2) is 0 Å². The van der Waals surface area contributed by atoms with Crippen molar-refractivity contribution in [1.82, 2.24) is 20.1 Å². The maximum atomic E-state index is 11.0. The third-order valence-corrected chi connectivity index (χ3v) is 3.09. The Morgan fingerprint density at radius 1 is 1.47 bits per heavy atom. The number of primary amides is 1. The highest BCUT2D eigenvalue weighted by molar-refractivity contribution is 6.31. The van der Waals surface area contributed by atoms with Gasteiger partial charge < -0.3 is 15.6 Å². The number of nitrogens with zero attached hydrogens (tertiary/aromatic N) is 3. The maximum Gasteiger partial charge on any atom is 0.248 e. The Balaban J connectivity index is 1.96. The van der Waals surface area contributed by atoms with Crippen LogP contribution in [0.5, 0.6) is 0 Å². The number of nitrogens with two attached hydrogens (primary N) is 1. The van der Waals surface area contributed by atoms with Crippen LogP contribution in [0, 0.1) is 0 Å². The van der Waals surface area contributed by atoms with Gasteiger partial charge in [0.2, 0.25) is 5.91 Å². The molecule has 0 bridgehead atoms. The van der Waals surface area contributed by atoms with Crippen molar-refractivity contribution in [2.45, 2.75) is 13.1 Å². The normalized spacial score (nSPS) is 10.6. The van der Waals surface area contributed by atoms with Crippen molar-refractivity contribution in [2.75, 3.05) is 0 Å². The maximum absolute atomic E-state index is 11.0. The molecule has 0 unspecified atom stereocenters. The summed E-state index contributed by atoms with van der Waals surface area (Å²) in [5.41, 5.74) is 6.48. The van der Waals surface area contributed by atoms with Crippen LogP contribution in [0.15, 0.2) is 24.5 Å². The van der Waals surface area contributed by atoms with Gasteiger partial charge in [0, 0.05) is 24.2 Å². The Hall–Kier alpha value is -1.92. The smallest absolute Gasteiger partial charge is 0.248 e. The molecule has 7 heteroatoms. The number of benzene rings is 1. The fourth-order valence-electron chi connectivity index (χ4n) is 1.62. The Kier molecular flexibility index (Phi) is 4.13. The van der Waals surface area contributed by atoms with Crippen molar-refractivity contribution in [3.63, 3.8) is 0 Å². The highest BCUT2D eigenvalue weighted by Gasteiger charge is 2.06. The van der Waals surface area contributed by atoms with Gasteiger partial charge in [-0.1, -0.05) is 17.7 Å². The van der Waals surface area contributed by atoms with Crippen LogP contribution in [0.3, 0.4) is 0 Å². The molecule has 0 aliphatic rings. The molecule has 19 heavy (non-hydrogen) atoms. The lowest BCUT2D eigenvalue weighted by Gasteiger charge is -2.07. The van der Waals surface area contributed by atoms with E-state index in [4.69, 9.17) is 17.3 Å². The van der Waals surface area contributed by atoms with E-state index in [-0.39, 0.29) is 0 Å². The summed E-state index contributed by atoms with van der Waals surface area (Å²) in [6.07, 6.45) is 1.64. The molecule has 1 aromatic carbocycles. The average Bonchev–Trinajstić information content (AvgIpc) is 2.77. The number of carbonyl (C=O) groups is 1. The Bertz CT molecular complexity index is 596. The molecular weight excluding hydrogens is 266 g/mol. The number of hydrogen-bond donors (Lipinski definition) is 2. The van der Waals surface area contributed by atoms with E-state index < -0.39 is 5.91 Å².